The Bertz CT molecular complexity index is 342. The van der Waals surface area contributed by atoms with Crippen LogP contribution in [0.2, 0.25) is 5.02 Å². The summed E-state index contributed by atoms with van der Waals surface area (Å²) in [6.07, 6.45) is 3.99. The monoisotopic (exact) mass is 251 g/mol. The van der Waals surface area contributed by atoms with Crippen LogP contribution in [0.1, 0.15) is 44.7 Å². The van der Waals surface area contributed by atoms with Gasteiger partial charge in [-0.1, -0.05) is 37.6 Å². The van der Waals surface area contributed by atoms with Gasteiger partial charge in [0.1, 0.15) is 0 Å². The molecule has 1 aromatic carbocycles. The van der Waals surface area contributed by atoms with Gasteiger partial charge in [0.15, 0.2) is 0 Å². The molecule has 1 aliphatic carbocycles. The summed E-state index contributed by atoms with van der Waals surface area (Å²) in [6, 6.07) is 8.80. The molecule has 2 atom stereocenters. The van der Waals surface area contributed by atoms with Gasteiger partial charge in [0, 0.05) is 11.1 Å². The fourth-order valence-electron chi connectivity index (χ4n) is 2.47. The van der Waals surface area contributed by atoms with Crippen LogP contribution in [0.3, 0.4) is 0 Å². The highest BCUT2D eigenvalue weighted by Crippen LogP contribution is 2.42. The zero-order valence-corrected chi connectivity index (χ0v) is 11.5. The Labute approximate surface area is 110 Å². The van der Waals surface area contributed by atoms with Crippen molar-refractivity contribution in [2.45, 2.75) is 39.2 Å². The van der Waals surface area contributed by atoms with Gasteiger partial charge in [0.05, 0.1) is 0 Å². The summed E-state index contributed by atoms with van der Waals surface area (Å²) in [5.41, 5.74) is 1.38. The average molecular weight is 252 g/mol. The minimum Gasteiger partial charge on any atom is -0.310 e. The van der Waals surface area contributed by atoms with Gasteiger partial charge in [-0.05, 0) is 55.3 Å². The molecule has 1 fully saturated rings. The highest BCUT2D eigenvalue weighted by Gasteiger charge is 2.33. The topological polar surface area (TPSA) is 12.0 Å². The van der Waals surface area contributed by atoms with Gasteiger partial charge >= 0.3 is 0 Å². The molecule has 0 amide bonds. The van der Waals surface area contributed by atoms with E-state index < -0.39 is 0 Å². The second-order valence-electron chi connectivity index (χ2n) is 5.18. The Kier molecular flexibility index (Phi) is 4.47. The molecule has 17 heavy (non-hydrogen) atoms. The van der Waals surface area contributed by atoms with Crippen LogP contribution in [0.15, 0.2) is 24.3 Å². The van der Waals surface area contributed by atoms with Gasteiger partial charge in [0.25, 0.3) is 0 Å². The van der Waals surface area contributed by atoms with Crippen molar-refractivity contribution in [3.05, 3.63) is 34.9 Å². The minimum absolute atomic E-state index is 0.486. The van der Waals surface area contributed by atoms with E-state index in [9.17, 15) is 0 Å². The molecule has 1 aliphatic rings. The summed E-state index contributed by atoms with van der Waals surface area (Å²) in [7, 11) is 0. The van der Waals surface area contributed by atoms with Crippen molar-refractivity contribution in [2.75, 3.05) is 6.54 Å². The van der Waals surface area contributed by atoms with Crippen molar-refractivity contribution >= 4 is 11.6 Å². The van der Waals surface area contributed by atoms with Crippen molar-refractivity contribution in [1.29, 1.82) is 0 Å². The number of hydrogen-bond donors (Lipinski definition) is 1. The summed E-state index contributed by atoms with van der Waals surface area (Å²) in [5.74, 6) is 1.64. The van der Waals surface area contributed by atoms with Crippen LogP contribution in [0.4, 0.5) is 0 Å². The summed E-state index contributed by atoms with van der Waals surface area (Å²) in [5, 5.41) is 4.50. The number of benzene rings is 1. The molecule has 1 aromatic rings. The van der Waals surface area contributed by atoms with E-state index in [0.29, 0.717) is 6.04 Å². The van der Waals surface area contributed by atoms with Gasteiger partial charge in [-0.25, -0.2) is 0 Å². The highest BCUT2D eigenvalue weighted by atomic mass is 35.5. The molecule has 2 unspecified atom stereocenters. The largest absolute Gasteiger partial charge is 0.310 e. The molecule has 1 nitrogen and oxygen atoms in total. The Morgan fingerprint density at radius 3 is 2.47 bits per heavy atom. The molecule has 1 N–H and O–H groups in total. The van der Waals surface area contributed by atoms with Gasteiger partial charge in [-0.3, -0.25) is 0 Å². The minimum atomic E-state index is 0.486. The van der Waals surface area contributed by atoms with Crippen molar-refractivity contribution in [3.63, 3.8) is 0 Å². The summed E-state index contributed by atoms with van der Waals surface area (Å²) in [6.45, 7) is 5.68. The van der Waals surface area contributed by atoms with Crippen LogP contribution in [0.5, 0.6) is 0 Å². The van der Waals surface area contributed by atoms with Crippen molar-refractivity contribution < 1.29 is 0 Å². The van der Waals surface area contributed by atoms with Crippen LogP contribution in [0.25, 0.3) is 0 Å². The summed E-state index contributed by atoms with van der Waals surface area (Å²) in [4.78, 5) is 0. The number of rotatable bonds is 6. The van der Waals surface area contributed by atoms with Gasteiger partial charge in [-0.15, -0.1) is 0 Å². The van der Waals surface area contributed by atoms with Crippen molar-refractivity contribution in [1.82, 2.24) is 5.32 Å². The molecule has 0 aliphatic heterocycles. The molecule has 2 rings (SSSR count). The SMILES string of the molecule is CCCNC(c1ccc(Cl)cc1)C(C)C1CC1. The van der Waals surface area contributed by atoms with Gasteiger partial charge in [-0.2, -0.15) is 0 Å². The van der Waals surface area contributed by atoms with E-state index in [1.54, 1.807) is 0 Å². The predicted molar refractivity (Wildman–Crippen MR) is 74.4 cm³/mol. The second-order valence-corrected chi connectivity index (χ2v) is 5.62. The Morgan fingerprint density at radius 2 is 1.94 bits per heavy atom. The third-order valence-corrected chi connectivity index (χ3v) is 3.99. The normalized spacial score (nSPS) is 19.0. The standard InChI is InChI=1S/C15H22ClN/c1-3-10-17-15(11(2)12-4-5-12)13-6-8-14(16)9-7-13/h6-9,11-12,15,17H,3-5,10H2,1-2H3. The molecule has 0 bridgehead atoms. The molecule has 0 heterocycles. The van der Waals surface area contributed by atoms with Gasteiger partial charge in [0.2, 0.25) is 0 Å². The third kappa shape index (κ3) is 3.46. The van der Waals surface area contributed by atoms with Crippen LogP contribution < -0.4 is 5.32 Å². The molecule has 2 heteroatoms. The van der Waals surface area contributed by atoms with E-state index in [0.717, 1.165) is 23.4 Å². The predicted octanol–water partition coefficient (Wildman–Crippen LogP) is 4.43. The smallest absolute Gasteiger partial charge is 0.0406 e. The Hall–Kier alpha value is -0.530. The summed E-state index contributed by atoms with van der Waals surface area (Å²) < 4.78 is 0. The molecule has 94 valence electrons. The molecule has 1 saturated carbocycles. The number of hydrogen-bond acceptors (Lipinski definition) is 1. The van der Waals surface area contributed by atoms with Crippen LogP contribution in [-0.4, -0.2) is 6.54 Å². The maximum Gasteiger partial charge on any atom is 0.0406 e. The first-order valence-corrected chi connectivity index (χ1v) is 7.09. The van der Waals surface area contributed by atoms with Crippen molar-refractivity contribution in [3.8, 4) is 0 Å². The quantitative estimate of drug-likeness (QED) is 0.789. The lowest BCUT2D eigenvalue weighted by Gasteiger charge is -2.25. The lowest BCUT2D eigenvalue weighted by molar-refractivity contribution is 0.350. The maximum absolute atomic E-state index is 5.95. The van der Waals surface area contributed by atoms with E-state index in [-0.39, 0.29) is 0 Å². The van der Waals surface area contributed by atoms with Crippen LogP contribution in [-0.2, 0) is 0 Å². The Morgan fingerprint density at radius 1 is 1.29 bits per heavy atom. The fourth-order valence-corrected chi connectivity index (χ4v) is 2.60. The lowest BCUT2D eigenvalue weighted by Crippen LogP contribution is -2.28. The van der Waals surface area contributed by atoms with E-state index >= 15 is 0 Å². The Balaban J connectivity index is 2.10. The molecule has 0 radical (unpaired) electrons. The maximum atomic E-state index is 5.95. The van der Waals surface area contributed by atoms with Crippen LogP contribution in [0, 0.1) is 11.8 Å². The molecule has 0 spiro atoms. The zero-order chi connectivity index (χ0) is 12.3. The number of nitrogens with one attached hydrogen (secondary N) is 1. The molecule has 0 aromatic heterocycles. The first kappa shape index (κ1) is 12.9. The zero-order valence-electron chi connectivity index (χ0n) is 10.7. The van der Waals surface area contributed by atoms with E-state index in [1.165, 1.54) is 24.8 Å². The fraction of sp³-hybridized carbons (Fsp3) is 0.600. The second kappa shape index (κ2) is 5.88. The molecular weight excluding hydrogens is 230 g/mol. The number of halogens is 1. The highest BCUT2D eigenvalue weighted by molar-refractivity contribution is 6.30. The first-order valence-electron chi connectivity index (χ1n) is 6.71. The molecular formula is C15H22ClN. The summed E-state index contributed by atoms with van der Waals surface area (Å²) >= 11 is 5.95. The average Bonchev–Trinajstić information content (AvgIpc) is 3.15. The van der Waals surface area contributed by atoms with Crippen LogP contribution >= 0.6 is 11.6 Å². The first-order chi connectivity index (χ1) is 8.22. The van der Waals surface area contributed by atoms with E-state index in [4.69, 9.17) is 11.6 Å². The molecule has 0 saturated heterocycles. The third-order valence-electron chi connectivity index (χ3n) is 3.73. The van der Waals surface area contributed by atoms with E-state index in [1.807, 2.05) is 12.1 Å². The van der Waals surface area contributed by atoms with E-state index in [2.05, 4.69) is 31.3 Å². The van der Waals surface area contributed by atoms with Crippen molar-refractivity contribution in [2.24, 2.45) is 11.8 Å². The lowest BCUT2D eigenvalue weighted by atomic mass is 9.90. The van der Waals surface area contributed by atoms with Gasteiger partial charge < -0.3 is 5.32 Å².